The van der Waals surface area contributed by atoms with Gasteiger partial charge in [-0.2, -0.15) is 8.78 Å². The van der Waals surface area contributed by atoms with Gasteiger partial charge in [-0.15, -0.1) is 0 Å². The van der Waals surface area contributed by atoms with Crippen molar-refractivity contribution in [3.8, 4) is 5.75 Å². The Balaban J connectivity index is 2.00. The molecular formula is C15H16F2N2O. The molecular weight excluding hydrogens is 262 g/mol. The van der Waals surface area contributed by atoms with Crippen molar-refractivity contribution < 1.29 is 13.5 Å². The Labute approximate surface area is 116 Å². The Kier molecular flexibility index (Phi) is 5.01. The van der Waals surface area contributed by atoms with Crippen LogP contribution in [-0.2, 0) is 6.54 Å². The number of aromatic nitrogens is 1. The lowest BCUT2D eigenvalue weighted by molar-refractivity contribution is -0.0505. The van der Waals surface area contributed by atoms with Crippen LogP contribution in [0.25, 0.3) is 0 Å². The summed E-state index contributed by atoms with van der Waals surface area (Å²) in [6, 6.07) is 10.7. The Morgan fingerprint density at radius 1 is 1.20 bits per heavy atom. The van der Waals surface area contributed by atoms with Crippen molar-refractivity contribution in [2.45, 2.75) is 26.1 Å². The maximum absolute atomic E-state index is 12.3. The number of benzene rings is 1. The third-order valence-electron chi connectivity index (χ3n) is 2.97. The van der Waals surface area contributed by atoms with E-state index in [-0.39, 0.29) is 11.8 Å². The summed E-state index contributed by atoms with van der Waals surface area (Å²) in [4.78, 5) is 4.05. The fourth-order valence-electron chi connectivity index (χ4n) is 1.87. The number of hydrogen-bond donors (Lipinski definition) is 1. The standard InChI is InChI=1S/C15H16F2N2O/c1-11(12-6-4-8-18-9-12)19-10-13-5-2-3-7-14(13)20-15(16)17/h2-9,11,15,19H,10H2,1H3. The second kappa shape index (κ2) is 6.96. The molecule has 0 radical (unpaired) electrons. The molecule has 0 aliphatic heterocycles. The SMILES string of the molecule is CC(NCc1ccccc1OC(F)F)c1cccnc1. The van der Waals surface area contributed by atoms with Crippen LogP contribution in [0.5, 0.6) is 5.75 Å². The largest absolute Gasteiger partial charge is 0.434 e. The van der Waals surface area contributed by atoms with Crippen LogP contribution in [0.4, 0.5) is 8.78 Å². The normalized spacial score (nSPS) is 12.4. The van der Waals surface area contributed by atoms with Crippen molar-refractivity contribution >= 4 is 0 Å². The molecule has 1 heterocycles. The maximum atomic E-state index is 12.3. The average molecular weight is 278 g/mol. The molecule has 1 atom stereocenters. The van der Waals surface area contributed by atoms with Crippen LogP contribution in [-0.4, -0.2) is 11.6 Å². The molecule has 0 saturated heterocycles. The molecule has 1 unspecified atom stereocenters. The van der Waals surface area contributed by atoms with E-state index in [1.165, 1.54) is 6.07 Å². The zero-order valence-electron chi connectivity index (χ0n) is 11.1. The summed E-state index contributed by atoms with van der Waals surface area (Å²) in [6.45, 7) is -0.376. The molecule has 1 N–H and O–H groups in total. The summed E-state index contributed by atoms with van der Waals surface area (Å²) in [5.41, 5.74) is 1.74. The minimum absolute atomic E-state index is 0.0725. The highest BCUT2D eigenvalue weighted by Crippen LogP contribution is 2.21. The van der Waals surface area contributed by atoms with Gasteiger partial charge in [-0.3, -0.25) is 4.98 Å². The highest BCUT2D eigenvalue weighted by atomic mass is 19.3. The van der Waals surface area contributed by atoms with Gasteiger partial charge in [0.2, 0.25) is 0 Å². The van der Waals surface area contributed by atoms with Gasteiger partial charge in [0.15, 0.2) is 0 Å². The Morgan fingerprint density at radius 3 is 2.70 bits per heavy atom. The summed E-state index contributed by atoms with van der Waals surface area (Å²) in [7, 11) is 0. The quantitative estimate of drug-likeness (QED) is 0.877. The number of pyridine rings is 1. The molecule has 0 aliphatic carbocycles. The molecule has 20 heavy (non-hydrogen) atoms. The molecule has 0 saturated carbocycles. The van der Waals surface area contributed by atoms with Crippen molar-refractivity contribution in [2.24, 2.45) is 0 Å². The van der Waals surface area contributed by atoms with Gasteiger partial charge in [0, 0.05) is 30.5 Å². The molecule has 1 aromatic carbocycles. The van der Waals surface area contributed by atoms with E-state index in [0.717, 1.165) is 5.56 Å². The fourth-order valence-corrected chi connectivity index (χ4v) is 1.87. The van der Waals surface area contributed by atoms with Crippen molar-refractivity contribution in [3.63, 3.8) is 0 Å². The predicted molar refractivity (Wildman–Crippen MR) is 72.6 cm³/mol. The highest BCUT2D eigenvalue weighted by molar-refractivity contribution is 5.33. The summed E-state index contributed by atoms with van der Waals surface area (Å²) in [5, 5.41) is 3.26. The van der Waals surface area contributed by atoms with E-state index in [4.69, 9.17) is 0 Å². The van der Waals surface area contributed by atoms with Crippen LogP contribution in [0.2, 0.25) is 0 Å². The van der Waals surface area contributed by atoms with E-state index in [2.05, 4.69) is 15.0 Å². The average Bonchev–Trinajstić information content (AvgIpc) is 2.46. The molecule has 2 rings (SSSR count). The number of alkyl halides is 2. The molecule has 106 valence electrons. The van der Waals surface area contributed by atoms with Gasteiger partial charge in [0.05, 0.1) is 0 Å². The predicted octanol–water partition coefficient (Wildman–Crippen LogP) is 3.53. The van der Waals surface area contributed by atoms with E-state index in [0.29, 0.717) is 12.1 Å². The maximum Gasteiger partial charge on any atom is 0.387 e. The number of ether oxygens (including phenoxy) is 1. The second-order valence-corrected chi connectivity index (χ2v) is 4.38. The summed E-state index contributed by atoms with van der Waals surface area (Å²) in [5.74, 6) is 0.202. The first-order valence-electron chi connectivity index (χ1n) is 6.33. The summed E-state index contributed by atoms with van der Waals surface area (Å²) >= 11 is 0. The van der Waals surface area contributed by atoms with Crippen LogP contribution < -0.4 is 10.1 Å². The zero-order chi connectivity index (χ0) is 14.4. The number of rotatable bonds is 6. The number of hydrogen-bond acceptors (Lipinski definition) is 3. The lowest BCUT2D eigenvalue weighted by Gasteiger charge is -2.16. The van der Waals surface area contributed by atoms with Gasteiger partial charge in [-0.25, -0.2) is 0 Å². The highest BCUT2D eigenvalue weighted by Gasteiger charge is 2.10. The monoisotopic (exact) mass is 278 g/mol. The third kappa shape index (κ3) is 3.99. The molecule has 2 aromatic rings. The van der Waals surface area contributed by atoms with E-state index >= 15 is 0 Å². The number of nitrogens with one attached hydrogen (secondary N) is 1. The van der Waals surface area contributed by atoms with Gasteiger partial charge in [-0.1, -0.05) is 24.3 Å². The Bertz CT molecular complexity index is 534. The lowest BCUT2D eigenvalue weighted by atomic mass is 10.1. The molecule has 0 bridgehead atoms. The van der Waals surface area contributed by atoms with E-state index < -0.39 is 6.61 Å². The van der Waals surface area contributed by atoms with E-state index in [1.54, 1.807) is 30.6 Å². The van der Waals surface area contributed by atoms with Crippen LogP contribution in [0, 0.1) is 0 Å². The molecule has 0 aliphatic rings. The number of nitrogens with zero attached hydrogens (tertiary/aromatic N) is 1. The summed E-state index contributed by atoms with van der Waals surface area (Å²) < 4.78 is 29.1. The fraction of sp³-hybridized carbons (Fsp3) is 0.267. The number of para-hydroxylation sites is 1. The first-order valence-corrected chi connectivity index (χ1v) is 6.33. The molecule has 0 amide bonds. The van der Waals surface area contributed by atoms with E-state index in [9.17, 15) is 8.78 Å². The minimum atomic E-state index is -2.81. The molecule has 3 nitrogen and oxygen atoms in total. The van der Waals surface area contributed by atoms with Gasteiger partial charge in [0.1, 0.15) is 5.75 Å². The third-order valence-corrected chi connectivity index (χ3v) is 2.97. The van der Waals surface area contributed by atoms with Crippen LogP contribution in [0.3, 0.4) is 0 Å². The first-order chi connectivity index (χ1) is 9.66. The Morgan fingerprint density at radius 2 is 2.00 bits per heavy atom. The zero-order valence-corrected chi connectivity index (χ0v) is 11.1. The number of halogens is 2. The minimum Gasteiger partial charge on any atom is -0.434 e. The van der Waals surface area contributed by atoms with Crippen LogP contribution >= 0.6 is 0 Å². The second-order valence-electron chi connectivity index (χ2n) is 4.38. The smallest absolute Gasteiger partial charge is 0.387 e. The van der Waals surface area contributed by atoms with Crippen molar-refractivity contribution in [1.29, 1.82) is 0 Å². The molecule has 1 aromatic heterocycles. The Hall–Kier alpha value is -2.01. The summed E-state index contributed by atoms with van der Waals surface area (Å²) in [6.07, 6.45) is 3.49. The lowest BCUT2D eigenvalue weighted by Crippen LogP contribution is -2.19. The molecule has 0 spiro atoms. The van der Waals surface area contributed by atoms with Crippen molar-refractivity contribution in [2.75, 3.05) is 0 Å². The molecule has 5 heteroatoms. The van der Waals surface area contributed by atoms with Gasteiger partial charge in [0.25, 0.3) is 0 Å². The van der Waals surface area contributed by atoms with Gasteiger partial charge < -0.3 is 10.1 Å². The van der Waals surface area contributed by atoms with Crippen LogP contribution in [0.15, 0.2) is 48.8 Å². The van der Waals surface area contributed by atoms with Gasteiger partial charge in [-0.05, 0) is 24.6 Å². The van der Waals surface area contributed by atoms with Gasteiger partial charge >= 0.3 is 6.61 Å². The van der Waals surface area contributed by atoms with E-state index in [1.807, 2.05) is 19.1 Å². The first kappa shape index (κ1) is 14.4. The van der Waals surface area contributed by atoms with Crippen molar-refractivity contribution in [1.82, 2.24) is 10.3 Å². The van der Waals surface area contributed by atoms with Crippen molar-refractivity contribution in [3.05, 3.63) is 59.9 Å². The topological polar surface area (TPSA) is 34.1 Å². The van der Waals surface area contributed by atoms with Crippen LogP contribution in [0.1, 0.15) is 24.1 Å². The molecule has 0 fully saturated rings.